The summed E-state index contributed by atoms with van der Waals surface area (Å²) in [6.45, 7) is 6.19. The molecule has 2 rings (SSSR count). The van der Waals surface area contributed by atoms with Crippen molar-refractivity contribution in [3.8, 4) is 5.75 Å². The monoisotopic (exact) mass is 234 g/mol. The van der Waals surface area contributed by atoms with Gasteiger partial charge in [-0.1, -0.05) is 17.7 Å². The van der Waals surface area contributed by atoms with Gasteiger partial charge in [-0.05, 0) is 38.8 Å². The van der Waals surface area contributed by atoms with Crippen LogP contribution in [0.15, 0.2) is 18.2 Å². The summed E-state index contributed by atoms with van der Waals surface area (Å²) in [5.41, 5.74) is 1.41. The molecule has 0 radical (unpaired) electrons. The summed E-state index contributed by atoms with van der Waals surface area (Å²) in [6, 6.07) is 5.98. The Morgan fingerprint density at radius 3 is 2.82 bits per heavy atom. The van der Waals surface area contributed by atoms with Gasteiger partial charge in [-0.3, -0.25) is 4.79 Å². The molecule has 1 aliphatic heterocycles. The molecule has 1 aromatic carbocycles. The molecule has 0 saturated carbocycles. The van der Waals surface area contributed by atoms with Crippen LogP contribution in [0.1, 0.15) is 37.3 Å². The van der Waals surface area contributed by atoms with Crippen LogP contribution < -0.4 is 4.74 Å². The number of hydrogen-bond acceptors (Lipinski definition) is 2. The number of aliphatic carboxylic acids is 1. The highest BCUT2D eigenvalue weighted by Gasteiger charge is 2.40. The molecule has 0 amide bonds. The fraction of sp³-hybridized carbons (Fsp3) is 0.500. The van der Waals surface area contributed by atoms with Gasteiger partial charge < -0.3 is 9.84 Å². The Morgan fingerprint density at radius 2 is 2.18 bits per heavy atom. The zero-order valence-electron chi connectivity index (χ0n) is 10.5. The molecule has 1 aliphatic rings. The molecule has 92 valence electrons. The number of carboxylic acids is 1. The lowest BCUT2D eigenvalue weighted by Crippen LogP contribution is -2.34. The third kappa shape index (κ3) is 2.02. The Balaban J connectivity index is 2.47. The van der Waals surface area contributed by atoms with E-state index in [4.69, 9.17) is 4.74 Å². The van der Waals surface area contributed by atoms with Crippen molar-refractivity contribution in [2.45, 2.75) is 33.1 Å². The third-order valence-corrected chi connectivity index (χ3v) is 3.63. The van der Waals surface area contributed by atoms with E-state index in [2.05, 4.69) is 0 Å². The lowest BCUT2D eigenvalue weighted by molar-refractivity contribution is -0.148. The quantitative estimate of drug-likeness (QED) is 0.855. The predicted octanol–water partition coefficient (Wildman–Crippen LogP) is 2.97. The van der Waals surface area contributed by atoms with Crippen molar-refractivity contribution in [1.29, 1.82) is 0 Å². The molecule has 0 aromatic heterocycles. The summed E-state index contributed by atoms with van der Waals surface area (Å²) in [5.74, 6) is 0.0988. The molecule has 17 heavy (non-hydrogen) atoms. The number of ether oxygens (including phenoxy) is 1. The van der Waals surface area contributed by atoms with E-state index >= 15 is 0 Å². The fourth-order valence-corrected chi connectivity index (χ4v) is 2.41. The van der Waals surface area contributed by atoms with Crippen LogP contribution in [0.2, 0.25) is 0 Å². The highest BCUT2D eigenvalue weighted by Crippen LogP contribution is 2.45. The van der Waals surface area contributed by atoms with E-state index in [1.165, 1.54) is 0 Å². The van der Waals surface area contributed by atoms with Crippen LogP contribution in [0.3, 0.4) is 0 Å². The Hall–Kier alpha value is -1.51. The van der Waals surface area contributed by atoms with E-state index in [0.29, 0.717) is 6.61 Å². The lowest BCUT2D eigenvalue weighted by Gasteiger charge is -2.35. The Morgan fingerprint density at radius 1 is 1.47 bits per heavy atom. The van der Waals surface area contributed by atoms with Gasteiger partial charge in [0.15, 0.2) is 0 Å². The Bertz CT molecular complexity index is 449. The highest BCUT2D eigenvalue weighted by molar-refractivity contribution is 5.75. The molecule has 0 saturated heterocycles. The molecule has 0 spiro atoms. The summed E-state index contributed by atoms with van der Waals surface area (Å²) in [7, 11) is 0. The zero-order chi connectivity index (χ0) is 12.6. The minimum absolute atomic E-state index is 0.0173. The van der Waals surface area contributed by atoms with E-state index in [0.717, 1.165) is 23.3 Å². The first-order valence-corrected chi connectivity index (χ1v) is 5.89. The zero-order valence-corrected chi connectivity index (χ0v) is 10.5. The first-order chi connectivity index (χ1) is 7.93. The van der Waals surface area contributed by atoms with Crippen LogP contribution in [0.5, 0.6) is 5.75 Å². The second-order valence-electron chi connectivity index (χ2n) is 5.26. The van der Waals surface area contributed by atoms with E-state index in [9.17, 15) is 9.90 Å². The minimum atomic E-state index is -0.758. The van der Waals surface area contributed by atoms with E-state index in [1.54, 1.807) is 13.8 Å². The molecule has 1 unspecified atom stereocenters. The van der Waals surface area contributed by atoms with Gasteiger partial charge in [-0.15, -0.1) is 0 Å². The SMILES string of the molecule is Cc1ccc2c(c1)C(C(C)(C)C(=O)O)CCO2. The fourth-order valence-electron chi connectivity index (χ4n) is 2.41. The van der Waals surface area contributed by atoms with Gasteiger partial charge in [-0.2, -0.15) is 0 Å². The maximum absolute atomic E-state index is 11.4. The largest absolute Gasteiger partial charge is 0.493 e. The molecule has 3 nitrogen and oxygen atoms in total. The standard InChI is InChI=1S/C14H18O3/c1-9-4-5-12-10(8-9)11(6-7-17-12)14(2,3)13(15)16/h4-5,8,11H,6-7H2,1-3H3,(H,15,16). The summed E-state index contributed by atoms with van der Waals surface area (Å²) in [6.07, 6.45) is 0.760. The number of rotatable bonds is 2. The van der Waals surface area contributed by atoms with Crippen molar-refractivity contribution >= 4 is 5.97 Å². The van der Waals surface area contributed by atoms with Crippen molar-refractivity contribution in [1.82, 2.24) is 0 Å². The molecule has 0 bridgehead atoms. The maximum atomic E-state index is 11.4. The molecule has 0 aliphatic carbocycles. The van der Waals surface area contributed by atoms with Gasteiger partial charge in [0.2, 0.25) is 0 Å². The van der Waals surface area contributed by atoms with Crippen molar-refractivity contribution in [3.63, 3.8) is 0 Å². The van der Waals surface area contributed by atoms with E-state index in [-0.39, 0.29) is 5.92 Å². The molecular weight excluding hydrogens is 216 g/mol. The number of carboxylic acid groups (broad SMARTS) is 1. The van der Waals surface area contributed by atoms with Gasteiger partial charge in [0.1, 0.15) is 5.75 Å². The summed E-state index contributed by atoms with van der Waals surface area (Å²) in [4.78, 5) is 11.4. The van der Waals surface area contributed by atoms with Gasteiger partial charge >= 0.3 is 5.97 Å². The molecule has 0 fully saturated rings. The second-order valence-corrected chi connectivity index (χ2v) is 5.26. The predicted molar refractivity (Wildman–Crippen MR) is 65.4 cm³/mol. The molecule has 1 N–H and O–H groups in total. The smallest absolute Gasteiger partial charge is 0.309 e. The van der Waals surface area contributed by atoms with Crippen molar-refractivity contribution < 1.29 is 14.6 Å². The summed E-state index contributed by atoms with van der Waals surface area (Å²) >= 11 is 0. The number of aryl methyl sites for hydroxylation is 1. The van der Waals surface area contributed by atoms with Crippen LogP contribution >= 0.6 is 0 Å². The topological polar surface area (TPSA) is 46.5 Å². The van der Waals surface area contributed by atoms with Gasteiger partial charge in [0.05, 0.1) is 12.0 Å². The van der Waals surface area contributed by atoms with Crippen LogP contribution in [0.4, 0.5) is 0 Å². The number of benzene rings is 1. The van der Waals surface area contributed by atoms with Crippen molar-refractivity contribution in [2.75, 3.05) is 6.61 Å². The molecule has 3 heteroatoms. The van der Waals surface area contributed by atoms with Gasteiger partial charge in [0, 0.05) is 5.92 Å². The lowest BCUT2D eigenvalue weighted by atomic mass is 9.72. The average Bonchev–Trinajstić information content (AvgIpc) is 2.27. The van der Waals surface area contributed by atoms with Crippen molar-refractivity contribution in [3.05, 3.63) is 29.3 Å². The van der Waals surface area contributed by atoms with E-state index < -0.39 is 11.4 Å². The maximum Gasteiger partial charge on any atom is 0.309 e. The molecule has 1 heterocycles. The minimum Gasteiger partial charge on any atom is -0.493 e. The normalized spacial score (nSPS) is 19.4. The first kappa shape index (κ1) is 12.0. The Labute approximate surface area is 101 Å². The van der Waals surface area contributed by atoms with Crippen LogP contribution in [-0.4, -0.2) is 17.7 Å². The van der Waals surface area contributed by atoms with Gasteiger partial charge in [-0.25, -0.2) is 0 Å². The average molecular weight is 234 g/mol. The van der Waals surface area contributed by atoms with Crippen molar-refractivity contribution in [2.24, 2.45) is 5.41 Å². The third-order valence-electron chi connectivity index (χ3n) is 3.63. The van der Waals surface area contributed by atoms with Gasteiger partial charge in [0.25, 0.3) is 0 Å². The summed E-state index contributed by atoms with van der Waals surface area (Å²) < 4.78 is 5.59. The molecular formula is C14H18O3. The molecule has 1 atom stereocenters. The first-order valence-electron chi connectivity index (χ1n) is 5.89. The van der Waals surface area contributed by atoms with Crippen LogP contribution in [-0.2, 0) is 4.79 Å². The van der Waals surface area contributed by atoms with Crippen LogP contribution in [0.25, 0.3) is 0 Å². The summed E-state index contributed by atoms with van der Waals surface area (Å²) in [5, 5.41) is 9.35. The number of hydrogen-bond donors (Lipinski definition) is 1. The number of fused-ring (bicyclic) bond motifs is 1. The number of carbonyl (C=O) groups is 1. The Kier molecular flexibility index (Phi) is 2.86. The van der Waals surface area contributed by atoms with E-state index in [1.807, 2.05) is 25.1 Å². The second kappa shape index (κ2) is 4.06. The molecule has 1 aromatic rings. The highest BCUT2D eigenvalue weighted by atomic mass is 16.5. The van der Waals surface area contributed by atoms with Crippen LogP contribution in [0, 0.1) is 12.3 Å².